The first-order chi connectivity index (χ1) is 18.4. The van der Waals surface area contributed by atoms with E-state index in [1.54, 1.807) is 0 Å². The minimum atomic E-state index is -1.46. The Kier molecular flexibility index (Phi) is 11.8. The number of carbonyl (C=O) groups is 1. The molecule has 0 spiro atoms. The van der Waals surface area contributed by atoms with Gasteiger partial charge in [-0.3, -0.25) is 4.79 Å². The highest BCUT2D eigenvalue weighted by atomic mass is 16.5. The summed E-state index contributed by atoms with van der Waals surface area (Å²) in [5.41, 5.74) is 23.6. The van der Waals surface area contributed by atoms with E-state index in [2.05, 4.69) is 5.32 Å². The summed E-state index contributed by atoms with van der Waals surface area (Å²) < 4.78 is 12.4. The fourth-order valence-corrected chi connectivity index (χ4v) is 5.95. The van der Waals surface area contributed by atoms with Gasteiger partial charge in [-0.25, -0.2) is 0 Å². The van der Waals surface area contributed by atoms with E-state index in [1.165, 1.54) is 0 Å². The van der Waals surface area contributed by atoms with Crippen molar-refractivity contribution in [2.24, 2.45) is 34.8 Å². The molecule has 16 N–H and O–H groups in total. The Bertz CT molecular complexity index is 782. The number of hydrogen-bond acceptors (Lipinski definition) is 14. The quantitative estimate of drug-likeness (QED) is 0.117. The fraction of sp³-hybridized carbons (Fsp3) is 0.958. The fourth-order valence-electron chi connectivity index (χ4n) is 5.95. The summed E-state index contributed by atoms with van der Waals surface area (Å²) in [5.74, 6) is -1.80. The van der Waals surface area contributed by atoms with Crippen LogP contribution in [0.2, 0.25) is 0 Å². The predicted molar refractivity (Wildman–Crippen MR) is 137 cm³/mol. The van der Waals surface area contributed by atoms with Gasteiger partial charge in [0.15, 0.2) is 0 Å². The summed E-state index contributed by atoms with van der Waals surface area (Å²) >= 11 is 0. The number of carbonyl (C=O) groups excluding carboxylic acids is 1. The van der Waals surface area contributed by atoms with Crippen LogP contribution in [0.5, 0.6) is 0 Å². The van der Waals surface area contributed by atoms with E-state index in [4.69, 9.17) is 32.4 Å². The van der Waals surface area contributed by atoms with Crippen molar-refractivity contribution in [3.05, 3.63) is 0 Å². The molecule has 3 saturated carbocycles. The van der Waals surface area contributed by atoms with Crippen molar-refractivity contribution < 1.29 is 50.0 Å². The Balaban J connectivity index is 1.79. The zero-order valence-corrected chi connectivity index (χ0v) is 22.0. The normalized spacial score (nSPS) is 46.0. The van der Waals surface area contributed by atoms with Gasteiger partial charge in [-0.05, 0) is 38.8 Å². The molecule has 3 rings (SSSR count). The largest absolute Gasteiger partial charge is 0.396 e. The Morgan fingerprint density at radius 2 is 1.41 bits per heavy atom. The van der Waals surface area contributed by atoms with Crippen molar-refractivity contribution >= 4 is 5.91 Å². The molecule has 0 aromatic rings. The standard InChI is InChI=1S/C24H47N5O10/c25-2-1-13(31)24(37)29-12-5-11(27)14(38-17-3-9(7-26)20(33)23(36)22(17)35)6-15(12)39-16-4-10(8-30)19(32)18(28)21(16)34/h9-23,30-36H,1-8,25-28H2,(H,29,37)/t9-,10-,11+,12-,13?,14+,15-,16+,17?,18+,19-,20-,21+,22+,23+/m1/s1. The smallest absolute Gasteiger partial charge is 0.249 e. The summed E-state index contributed by atoms with van der Waals surface area (Å²) in [6.07, 6.45) is -10.5. The Morgan fingerprint density at radius 3 is 2.03 bits per heavy atom. The molecule has 2 unspecified atom stereocenters. The van der Waals surface area contributed by atoms with E-state index in [0.29, 0.717) is 0 Å². The molecule has 0 aromatic carbocycles. The Labute approximate surface area is 227 Å². The SMILES string of the molecule is NCCC(O)C(=O)N[C@@H]1C[C@H](N)[C@@H](OC2C[C@H](CN)[C@@H](O)[C@H](O)[C@H]2O)C[C@H]1O[C@H]1C[C@H](CO)[C@@H](O)[C@H](N)[C@H]1O. The molecule has 39 heavy (non-hydrogen) atoms. The molecule has 0 heterocycles. The van der Waals surface area contributed by atoms with Gasteiger partial charge in [0, 0.05) is 30.9 Å². The highest BCUT2D eigenvalue weighted by Crippen LogP contribution is 2.34. The van der Waals surface area contributed by atoms with Crippen LogP contribution in [-0.4, -0.2) is 141 Å². The number of hydrogen-bond donors (Lipinski definition) is 12. The van der Waals surface area contributed by atoms with Gasteiger partial charge in [-0.1, -0.05) is 0 Å². The van der Waals surface area contributed by atoms with Crippen LogP contribution in [-0.2, 0) is 14.3 Å². The lowest BCUT2D eigenvalue weighted by molar-refractivity contribution is -0.204. The molecule has 15 nitrogen and oxygen atoms in total. The molecule has 0 aliphatic heterocycles. The average molecular weight is 566 g/mol. The van der Waals surface area contributed by atoms with Crippen LogP contribution in [0.15, 0.2) is 0 Å². The summed E-state index contributed by atoms with van der Waals surface area (Å²) in [7, 11) is 0. The van der Waals surface area contributed by atoms with Crippen molar-refractivity contribution in [1.29, 1.82) is 0 Å². The third kappa shape index (κ3) is 7.43. The predicted octanol–water partition coefficient (Wildman–Crippen LogP) is -6.07. The lowest BCUT2D eigenvalue weighted by atomic mass is 9.79. The van der Waals surface area contributed by atoms with Gasteiger partial charge in [0.05, 0.1) is 54.8 Å². The second-order valence-electron chi connectivity index (χ2n) is 11.2. The monoisotopic (exact) mass is 565 g/mol. The summed E-state index contributed by atoms with van der Waals surface area (Å²) in [6.45, 7) is -0.200. The minimum Gasteiger partial charge on any atom is -0.396 e. The van der Waals surface area contributed by atoms with E-state index >= 15 is 0 Å². The maximum absolute atomic E-state index is 12.6. The van der Waals surface area contributed by atoms with E-state index < -0.39 is 96.9 Å². The van der Waals surface area contributed by atoms with Gasteiger partial charge in [-0.2, -0.15) is 0 Å². The number of rotatable bonds is 10. The van der Waals surface area contributed by atoms with Crippen LogP contribution in [0.25, 0.3) is 0 Å². The van der Waals surface area contributed by atoms with Crippen molar-refractivity contribution in [2.75, 3.05) is 19.7 Å². The highest BCUT2D eigenvalue weighted by molar-refractivity contribution is 5.80. The number of ether oxygens (including phenoxy) is 2. The topological polar surface area (TPSA) is 293 Å². The number of aliphatic hydroxyl groups is 7. The van der Waals surface area contributed by atoms with Crippen LogP contribution in [0, 0.1) is 11.8 Å². The van der Waals surface area contributed by atoms with Crippen molar-refractivity contribution in [2.45, 2.75) is 111 Å². The molecule has 15 heteroatoms. The van der Waals surface area contributed by atoms with Crippen molar-refractivity contribution in [3.8, 4) is 0 Å². The molecule has 0 saturated heterocycles. The van der Waals surface area contributed by atoms with E-state index in [1.807, 2.05) is 0 Å². The lowest BCUT2D eigenvalue weighted by Gasteiger charge is -2.47. The molecule has 3 aliphatic carbocycles. The molecule has 0 aromatic heterocycles. The van der Waals surface area contributed by atoms with Gasteiger partial charge >= 0.3 is 0 Å². The minimum absolute atomic E-state index is 0.0458. The number of nitrogens with one attached hydrogen (secondary N) is 1. The van der Waals surface area contributed by atoms with E-state index in [0.717, 1.165) is 0 Å². The van der Waals surface area contributed by atoms with Gasteiger partial charge < -0.3 is 73.5 Å². The second kappa shape index (κ2) is 14.2. The van der Waals surface area contributed by atoms with Gasteiger partial charge in [0.25, 0.3) is 0 Å². The maximum atomic E-state index is 12.6. The zero-order chi connectivity index (χ0) is 29.0. The van der Waals surface area contributed by atoms with Crippen LogP contribution >= 0.6 is 0 Å². The first-order valence-corrected chi connectivity index (χ1v) is 13.6. The average Bonchev–Trinajstić information content (AvgIpc) is 2.91. The molecular weight excluding hydrogens is 518 g/mol. The first kappa shape index (κ1) is 32.5. The Hall–Kier alpha value is -1.05. The summed E-state index contributed by atoms with van der Waals surface area (Å²) in [5, 5.41) is 74.6. The third-order valence-corrected chi connectivity index (χ3v) is 8.51. The third-order valence-electron chi connectivity index (χ3n) is 8.51. The van der Waals surface area contributed by atoms with Crippen molar-refractivity contribution in [1.82, 2.24) is 5.32 Å². The van der Waals surface area contributed by atoms with Crippen LogP contribution < -0.4 is 28.3 Å². The molecule has 15 atom stereocenters. The number of nitrogens with two attached hydrogens (primary N) is 4. The molecule has 0 radical (unpaired) electrons. The van der Waals surface area contributed by atoms with Gasteiger partial charge in [-0.15, -0.1) is 0 Å². The molecular formula is C24H47N5O10. The van der Waals surface area contributed by atoms with Crippen LogP contribution in [0.3, 0.4) is 0 Å². The van der Waals surface area contributed by atoms with Crippen LogP contribution in [0.4, 0.5) is 0 Å². The van der Waals surface area contributed by atoms with Gasteiger partial charge in [0.2, 0.25) is 5.91 Å². The Morgan fingerprint density at radius 1 is 0.795 bits per heavy atom. The zero-order valence-electron chi connectivity index (χ0n) is 22.0. The van der Waals surface area contributed by atoms with E-state index in [9.17, 15) is 40.5 Å². The number of amides is 1. The highest BCUT2D eigenvalue weighted by Gasteiger charge is 2.48. The second-order valence-corrected chi connectivity index (χ2v) is 11.2. The first-order valence-electron chi connectivity index (χ1n) is 13.6. The molecule has 0 bridgehead atoms. The number of aliphatic hydroxyl groups excluding tert-OH is 7. The molecule has 3 aliphatic rings. The summed E-state index contributed by atoms with van der Waals surface area (Å²) in [6, 6.07) is -2.43. The van der Waals surface area contributed by atoms with Crippen LogP contribution in [0.1, 0.15) is 32.1 Å². The van der Waals surface area contributed by atoms with E-state index in [-0.39, 0.29) is 51.8 Å². The molecule has 1 amide bonds. The van der Waals surface area contributed by atoms with Gasteiger partial charge in [0.1, 0.15) is 18.3 Å². The summed E-state index contributed by atoms with van der Waals surface area (Å²) in [4.78, 5) is 12.6. The molecule has 3 fully saturated rings. The lowest BCUT2D eigenvalue weighted by Crippen LogP contribution is -2.63. The molecule has 228 valence electrons. The van der Waals surface area contributed by atoms with Crippen molar-refractivity contribution in [3.63, 3.8) is 0 Å². The maximum Gasteiger partial charge on any atom is 0.249 e.